The zero-order chi connectivity index (χ0) is 7.72. The van der Waals surface area contributed by atoms with Gasteiger partial charge in [-0.3, -0.25) is 0 Å². The van der Waals surface area contributed by atoms with Crippen molar-refractivity contribution < 1.29 is 5.11 Å². The molecule has 0 bridgehead atoms. The number of aliphatic hydroxyl groups excluding tert-OH is 1. The number of hydrogen-bond acceptors (Lipinski definition) is 2. The number of nitrogens with two attached hydrogens (primary N) is 1. The molecule has 0 amide bonds. The molecule has 1 fully saturated rings. The van der Waals surface area contributed by atoms with Gasteiger partial charge in [0, 0.05) is 6.04 Å². The van der Waals surface area contributed by atoms with Gasteiger partial charge in [0.15, 0.2) is 0 Å². The van der Waals surface area contributed by atoms with Gasteiger partial charge in [-0.1, -0.05) is 13.8 Å². The summed E-state index contributed by atoms with van der Waals surface area (Å²) in [6.07, 6.45) is 1.59. The van der Waals surface area contributed by atoms with Crippen molar-refractivity contribution in [3.8, 4) is 0 Å². The van der Waals surface area contributed by atoms with Crippen LogP contribution in [0.3, 0.4) is 0 Å². The van der Waals surface area contributed by atoms with E-state index in [4.69, 9.17) is 5.73 Å². The number of aliphatic hydroxyl groups is 1. The van der Waals surface area contributed by atoms with E-state index in [9.17, 15) is 5.11 Å². The Balaban J connectivity index is 2.46. The molecule has 4 atom stereocenters. The van der Waals surface area contributed by atoms with Gasteiger partial charge < -0.3 is 10.8 Å². The van der Waals surface area contributed by atoms with Crippen molar-refractivity contribution in [2.24, 2.45) is 17.6 Å². The van der Waals surface area contributed by atoms with Crippen LogP contribution in [0.1, 0.15) is 26.7 Å². The minimum atomic E-state index is -0.258. The van der Waals surface area contributed by atoms with Crippen molar-refractivity contribution in [3.63, 3.8) is 0 Å². The van der Waals surface area contributed by atoms with Crippen molar-refractivity contribution in [1.82, 2.24) is 0 Å². The number of rotatable bonds is 0. The Hall–Kier alpha value is -0.0800. The Morgan fingerprint density at radius 3 is 2.20 bits per heavy atom. The van der Waals surface area contributed by atoms with Gasteiger partial charge in [0.25, 0.3) is 0 Å². The molecule has 1 aliphatic carbocycles. The molecular weight excluding hydrogens is 126 g/mol. The molecule has 0 radical (unpaired) electrons. The third-order valence-corrected chi connectivity index (χ3v) is 2.72. The molecule has 0 aliphatic heterocycles. The molecule has 0 aromatic rings. The van der Waals surface area contributed by atoms with E-state index in [0.717, 1.165) is 12.8 Å². The molecule has 0 aromatic heterocycles. The van der Waals surface area contributed by atoms with Crippen LogP contribution in [0.5, 0.6) is 0 Å². The Bertz CT molecular complexity index is 89.8. The molecule has 1 aliphatic rings. The van der Waals surface area contributed by atoms with Crippen LogP contribution in [-0.2, 0) is 0 Å². The van der Waals surface area contributed by atoms with Gasteiger partial charge in [0.2, 0.25) is 0 Å². The maximum atomic E-state index is 9.34. The molecule has 10 heavy (non-hydrogen) atoms. The summed E-state index contributed by atoms with van der Waals surface area (Å²) in [5.74, 6) is 1.31. The van der Waals surface area contributed by atoms with Crippen molar-refractivity contribution in [3.05, 3.63) is 0 Å². The van der Waals surface area contributed by atoms with Gasteiger partial charge in [-0.2, -0.15) is 0 Å². The van der Waals surface area contributed by atoms with Crippen LogP contribution in [0.25, 0.3) is 0 Å². The third-order valence-electron chi connectivity index (χ3n) is 2.72. The van der Waals surface area contributed by atoms with Crippen molar-refractivity contribution >= 4 is 0 Å². The van der Waals surface area contributed by atoms with Crippen LogP contribution in [-0.4, -0.2) is 17.3 Å². The normalized spacial score (nSPS) is 49.2. The molecule has 1 saturated carbocycles. The van der Waals surface area contributed by atoms with Gasteiger partial charge in [-0.05, 0) is 24.7 Å². The highest BCUT2D eigenvalue weighted by Crippen LogP contribution is 2.28. The van der Waals surface area contributed by atoms with E-state index in [0.29, 0.717) is 11.8 Å². The summed E-state index contributed by atoms with van der Waals surface area (Å²) >= 11 is 0. The predicted octanol–water partition coefficient (Wildman–Crippen LogP) is 0.741. The van der Waals surface area contributed by atoms with Gasteiger partial charge >= 0.3 is 0 Å². The second-order valence-corrected chi connectivity index (χ2v) is 3.66. The van der Waals surface area contributed by atoms with Crippen LogP contribution in [0.4, 0.5) is 0 Å². The summed E-state index contributed by atoms with van der Waals surface area (Å²) in [4.78, 5) is 0. The van der Waals surface area contributed by atoms with Gasteiger partial charge in [0.1, 0.15) is 0 Å². The minimum absolute atomic E-state index is 0.0196. The van der Waals surface area contributed by atoms with Crippen molar-refractivity contribution in [2.75, 3.05) is 0 Å². The van der Waals surface area contributed by atoms with E-state index in [1.54, 1.807) is 0 Å². The van der Waals surface area contributed by atoms with Crippen LogP contribution < -0.4 is 5.73 Å². The summed E-state index contributed by atoms with van der Waals surface area (Å²) in [5, 5.41) is 9.34. The first-order chi connectivity index (χ1) is 4.61. The molecule has 2 nitrogen and oxygen atoms in total. The van der Waals surface area contributed by atoms with E-state index < -0.39 is 0 Å². The SMILES string of the molecule is C[C@H]1C[C@@H](O)[C@@H](N)C[C@@H]1C. The summed E-state index contributed by atoms with van der Waals surface area (Å²) in [6.45, 7) is 4.39. The monoisotopic (exact) mass is 143 g/mol. The average molecular weight is 143 g/mol. The lowest BCUT2D eigenvalue weighted by Gasteiger charge is -2.33. The van der Waals surface area contributed by atoms with Crippen molar-refractivity contribution in [1.29, 1.82) is 0 Å². The maximum absolute atomic E-state index is 9.34. The van der Waals surface area contributed by atoms with Crippen LogP contribution >= 0.6 is 0 Å². The lowest BCUT2D eigenvalue weighted by atomic mass is 9.78. The first kappa shape index (κ1) is 8.02. The van der Waals surface area contributed by atoms with Crippen LogP contribution in [0.15, 0.2) is 0 Å². The summed E-state index contributed by atoms with van der Waals surface area (Å²) < 4.78 is 0. The second-order valence-electron chi connectivity index (χ2n) is 3.66. The third kappa shape index (κ3) is 1.50. The summed E-state index contributed by atoms with van der Waals surface area (Å²) in [7, 11) is 0. The molecule has 1 rings (SSSR count). The van der Waals surface area contributed by atoms with Gasteiger partial charge in [-0.15, -0.1) is 0 Å². The summed E-state index contributed by atoms with van der Waals surface area (Å²) in [5.41, 5.74) is 5.68. The second kappa shape index (κ2) is 2.89. The van der Waals surface area contributed by atoms with Gasteiger partial charge in [-0.25, -0.2) is 0 Å². The molecule has 3 N–H and O–H groups in total. The molecule has 60 valence electrons. The highest BCUT2D eigenvalue weighted by atomic mass is 16.3. The molecule has 0 aromatic carbocycles. The Kier molecular flexibility index (Phi) is 2.32. The van der Waals surface area contributed by atoms with E-state index in [1.807, 2.05) is 0 Å². The first-order valence-corrected chi connectivity index (χ1v) is 4.05. The molecular formula is C8H17NO. The standard InChI is InChI=1S/C8H17NO/c1-5-3-7(9)8(10)4-6(5)2/h5-8,10H,3-4,9H2,1-2H3/t5-,6-,7-,8+/m0/s1. The fraction of sp³-hybridized carbons (Fsp3) is 1.00. The first-order valence-electron chi connectivity index (χ1n) is 4.05. The minimum Gasteiger partial charge on any atom is -0.392 e. The van der Waals surface area contributed by atoms with Crippen LogP contribution in [0.2, 0.25) is 0 Å². The maximum Gasteiger partial charge on any atom is 0.0693 e. The zero-order valence-electron chi connectivity index (χ0n) is 6.75. The van der Waals surface area contributed by atoms with Gasteiger partial charge in [0.05, 0.1) is 6.10 Å². The van der Waals surface area contributed by atoms with E-state index in [-0.39, 0.29) is 12.1 Å². The summed E-state index contributed by atoms with van der Waals surface area (Å²) in [6, 6.07) is 0.0196. The largest absolute Gasteiger partial charge is 0.392 e. The lowest BCUT2D eigenvalue weighted by molar-refractivity contribution is 0.0607. The fourth-order valence-electron chi connectivity index (χ4n) is 1.61. The van der Waals surface area contributed by atoms with Crippen molar-refractivity contribution in [2.45, 2.75) is 38.8 Å². The average Bonchev–Trinajstić information content (AvgIpc) is 1.84. The highest BCUT2D eigenvalue weighted by Gasteiger charge is 2.28. The topological polar surface area (TPSA) is 46.2 Å². The zero-order valence-corrected chi connectivity index (χ0v) is 6.75. The van der Waals surface area contributed by atoms with Crippen LogP contribution in [0, 0.1) is 11.8 Å². The number of hydrogen-bond donors (Lipinski definition) is 2. The predicted molar refractivity (Wildman–Crippen MR) is 41.5 cm³/mol. The Morgan fingerprint density at radius 2 is 1.70 bits per heavy atom. The molecule has 0 saturated heterocycles. The molecule has 0 spiro atoms. The molecule has 2 heteroatoms. The van der Waals surface area contributed by atoms with E-state index in [1.165, 1.54) is 0 Å². The molecule has 0 heterocycles. The van der Waals surface area contributed by atoms with E-state index >= 15 is 0 Å². The highest BCUT2D eigenvalue weighted by molar-refractivity contribution is 4.83. The lowest BCUT2D eigenvalue weighted by Crippen LogP contribution is -2.42. The van der Waals surface area contributed by atoms with E-state index in [2.05, 4.69) is 13.8 Å². The fourth-order valence-corrected chi connectivity index (χ4v) is 1.61. The smallest absolute Gasteiger partial charge is 0.0693 e. The Labute approximate surface area is 62.4 Å². The molecule has 0 unspecified atom stereocenters. The Morgan fingerprint density at radius 1 is 1.20 bits per heavy atom. The quantitative estimate of drug-likeness (QED) is 0.525.